The number of ether oxygens (including phenoxy) is 1. The van der Waals surface area contributed by atoms with Gasteiger partial charge in [-0.3, -0.25) is 4.90 Å². The summed E-state index contributed by atoms with van der Waals surface area (Å²) in [6.07, 6.45) is 0. The molecule has 1 aliphatic heterocycles. The highest BCUT2D eigenvalue weighted by Crippen LogP contribution is 2.25. The molecule has 3 nitrogen and oxygen atoms in total. The second-order valence-corrected chi connectivity index (χ2v) is 5.13. The largest absolute Gasteiger partial charge is 0.379 e. The highest BCUT2D eigenvalue weighted by molar-refractivity contribution is 6.42. The normalized spacial score (nSPS) is 15.3. The average Bonchev–Trinajstić information content (AvgIpc) is 2.40. The lowest BCUT2D eigenvalue weighted by atomic mass is 10.2. The lowest BCUT2D eigenvalue weighted by Gasteiger charge is -2.26. The fourth-order valence-corrected chi connectivity index (χ4v) is 2.36. The van der Waals surface area contributed by atoms with Crippen molar-refractivity contribution in [3.8, 4) is 0 Å². The summed E-state index contributed by atoms with van der Waals surface area (Å²) in [5.74, 6) is 0. The molecule has 1 aromatic carbocycles. The van der Waals surface area contributed by atoms with Crippen LogP contribution in [0.1, 0.15) is 5.56 Å². The maximum absolute atomic E-state index is 6.12. The molecule has 1 aromatic rings. The molecule has 0 amide bonds. The van der Waals surface area contributed by atoms with E-state index in [1.807, 2.05) is 12.1 Å². The van der Waals surface area contributed by atoms with E-state index in [9.17, 15) is 0 Å². The van der Waals surface area contributed by atoms with Gasteiger partial charge in [-0.15, -0.1) is 24.8 Å². The van der Waals surface area contributed by atoms with Crippen molar-refractivity contribution >= 4 is 48.0 Å². The number of nitrogens with zero attached hydrogens (tertiary/aromatic N) is 1. The van der Waals surface area contributed by atoms with E-state index in [-0.39, 0.29) is 24.8 Å². The molecular formula is C13H20Cl4N2O. The van der Waals surface area contributed by atoms with Crippen molar-refractivity contribution in [2.45, 2.75) is 6.54 Å². The molecule has 7 heteroatoms. The quantitative estimate of drug-likeness (QED) is 0.814. The van der Waals surface area contributed by atoms with Crippen LogP contribution in [0, 0.1) is 0 Å². The van der Waals surface area contributed by atoms with Crippen LogP contribution in [0.3, 0.4) is 0 Å². The molecule has 2 rings (SSSR count). The molecule has 1 fully saturated rings. The van der Waals surface area contributed by atoms with Crippen LogP contribution in [0.25, 0.3) is 0 Å². The molecule has 1 saturated heterocycles. The Hall–Kier alpha value is 0.260. The summed E-state index contributed by atoms with van der Waals surface area (Å²) in [5, 5.41) is 4.66. The maximum atomic E-state index is 6.12. The van der Waals surface area contributed by atoms with Crippen molar-refractivity contribution < 1.29 is 4.74 Å². The average molecular weight is 362 g/mol. The van der Waals surface area contributed by atoms with Gasteiger partial charge in [0.05, 0.1) is 23.3 Å². The van der Waals surface area contributed by atoms with Crippen LogP contribution in [-0.2, 0) is 11.3 Å². The fraction of sp³-hybridized carbons (Fsp3) is 0.538. The fourth-order valence-electron chi connectivity index (χ4n) is 1.97. The van der Waals surface area contributed by atoms with Gasteiger partial charge in [-0.05, 0) is 11.6 Å². The molecule has 0 saturated carbocycles. The third-order valence-electron chi connectivity index (χ3n) is 3.06. The van der Waals surface area contributed by atoms with Crippen molar-refractivity contribution in [2.24, 2.45) is 0 Å². The first kappa shape index (κ1) is 20.3. The third-order valence-corrected chi connectivity index (χ3v) is 3.91. The predicted molar refractivity (Wildman–Crippen MR) is 89.9 cm³/mol. The van der Waals surface area contributed by atoms with Crippen molar-refractivity contribution in [3.05, 3.63) is 33.8 Å². The smallest absolute Gasteiger partial charge is 0.0637 e. The first-order valence-corrected chi connectivity index (χ1v) is 6.96. The van der Waals surface area contributed by atoms with Gasteiger partial charge in [0.1, 0.15) is 0 Å². The Morgan fingerprint density at radius 2 is 1.85 bits per heavy atom. The van der Waals surface area contributed by atoms with Crippen molar-refractivity contribution in [1.82, 2.24) is 10.2 Å². The van der Waals surface area contributed by atoms with E-state index in [2.05, 4.69) is 10.2 Å². The molecule has 0 aromatic heterocycles. The van der Waals surface area contributed by atoms with Crippen LogP contribution >= 0.6 is 48.0 Å². The Morgan fingerprint density at radius 3 is 2.55 bits per heavy atom. The minimum absolute atomic E-state index is 0. The van der Waals surface area contributed by atoms with E-state index in [0.717, 1.165) is 51.5 Å². The van der Waals surface area contributed by atoms with E-state index in [0.29, 0.717) is 10.0 Å². The Labute approximate surface area is 142 Å². The van der Waals surface area contributed by atoms with Crippen LogP contribution in [-0.4, -0.2) is 44.3 Å². The topological polar surface area (TPSA) is 24.5 Å². The summed E-state index contributed by atoms with van der Waals surface area (Å²) in [4.78, 5) is 2.40. The van der Waals surface area contributed by atoms with Gasteiger partial charge in [-0.1, -0.05) is 35.3 Å². The van der Waals surface area contributed by atoms with Crippen LogP contribution in [0.15, 0.2) is 18.2 Å². The minimum atomic E-state index is 0. The number of rotatable bonds is 5. The van der Waals surface area contributed by atoms with Gasteiger partial charge < -0.3 is 10.1 Å². The summed E-state index contributed by atoms with van der Waals surface area (Å²) in [6, 6.07) is 5.73. The number of hydrogen-bond acceptors (Lipinski definition) is 3. The Bertz CT molecular complexity index is 387. The molecule has 1 aliphatic rings. The van der Waals surface area contributed by atoms with Crippen LogP contribution in [0.5, 0.6) is 0 Å². The zero-order valence-electron chi connectivity index (χ0n) is 11.1. The number of nitrogens with one attached hydrogen (secondary N) is 1. The Balaban J connectivity index is 0.00000180. The Kier molecular flexibility index (Phi) is 11.1. The molecule has 0 atom stereocenters. The molecule has 0 radical (unpaired) electrons. The van der Waals surface area contributed by atoms with Crippen molar-refractivity contribution in [2.75, 3.05) is 39.4 Å². The van der Waals surface area contributed by atoms with E-state index >= 15 is 0 Å². The van der Waals surface area contributed by atoms with Crippen LogP contribution < -0.4 is 5.32 Å². The van der Waals surface area contributed by atoms with E-state index < -0.39 is 0 Å². The summed E-state index contributed by atoms with van der Waals surface area (Å²) in [7, 11) is 0. The molecule has 1 N–H and O–H groups in total. The third kappa shape index (κ3) is 6.35. The molecule has 0 bridgehead atoms. The van der Waals surface area contributed by atoms with Crippen molar-refractivity contribution in [1.29, 1.82) is 0 Å². The summed E-state index contributed by atoms with van der Waals surface area (Å²) >= 11 is 12.1. The second-order valence-electron chi connectivity index (χ2n) is 4.34. The molecule has 0 unspecified atom stereocenters. The highest BCUT2D eigenvalue weighted by atomic mass is 35.5. The Morgan fingerprint density at radius 1 is 1.15 bits per heavy atom. The molecule has 116 valence electrons. The number of halogens is 4. The lowest BCUT2D eigenvalue weighted by Crippen LogP contribution is -2.40. The zero-order valence-corrected chi connectivity index (χ0v) is 14.3. The SMILES string of the molecule is Cl.Cl.Clc1cccc(CNCCN2CCOCC2)c1Cl. The van der Waals surface area contributed by atoms with E-state index in [1.54, 1.807) is 6.07 Å². The molecule has 20 heavy (non-hydrogen) atoms. The van der Waals surface area contributed by atoms with E-state index in [1.165, 1.54) is 0 Å². The van der Waals surface area contributed by atoms with Gasteiger partial charge in [0.25, 0.3) is 0 Å². The molecular weight excluding hydrogens is 342 g/mol. The van der Waals surface area contributed by atoms with Gasteiger partial charge in [0.2, 0.25) is 0 Å². The molecule has 0 spiro atoms. The van der Waals surface area contributed by atoms with Crippen LogP contribution in [0.2, 0.25) is 10.0 Å². The minimum Gasteiger partial charge on any atom is -0.379 e. The zero-order chi connectivity index (χ0) is 12.8. The van der Waals surface area contributed by atoms with Crippen LogP contribution in [0.4, 0.5) is 0 Å². The van der Waals surface area contributed by atoms with Gasteiger partial charge in [-0.25, -0.2) is 0 Å². The second kappa shape index (κ2) is 10.9. The lowest BCUT2D eigenvalue weighted by molar-refractivity contribution is 0.0384. The van der Waals surface area contributed by atoms with Gasteiger partial charge >= 0.3 is 0 Å². The number of hydrogen-bond donors (Lipinski definition) is 1. The van der Waals surface area contributed by atoms with E-state index in [4.69, 9.17) is 27.9 Å². The first-order valence-electron chi connectivity index (χ1n) is 6.21. The van der Waals surface area contributed by atoms with Gasteiger partial charge in [0.15, 0.2) is 0 Å². The highest BCUT2D eigenvalue weighted by Gasteiger charge is 2.09. The van der Waals surface area contributed by atoms with Gasteiger partial charge in [-0.2, -0.15) is 0 Å². The van der Waals surface area contributed by atoms with Gasteiger partial charge in [0, 0.05) is 32.7 Å². The predicted octanol–water partition coefficient (Wildman–Crippen LogP) is 3.26. The van der Waals surface area contributed by atoms with Crippen molar-refractivity contribution in [3.63, 3.8) is 0 Å². The standard InChI is InChI=1S/C13H18Cl2N2O.2ClH/c14-12-3-1-2-11(13(12)15)10-16-4-5-17-6-8-18-9-7-17;;/h1-3,16H,4-10H2;2*1H. The molecule has 0 aliphatic carbocycles. The number of morpholine rings is 1. The monoisotopic (exact) mass is 360 g/mol. The number of benzene rings is 1. The first-order chi connectivity index (χ1) is 8.77. The molecule has 1 heterocycles. The summed E-state index contributed by atoms with van der Waals surface area (Å²) in [6.45, 7) is 6.49. The maximum Gasteiger partial charge on any atom is 0.0637 e. The summed E-state index contributed by atoms with van der Waals surface area (Å²) < 4.78 is 5.31. The summed E-state index contributed by atoms with van der Waals surface area (Å²) in [5.41, 5.74) is 1.05.